The van der Waals surface area contributed by atoms with Gasteiger partial charge in [-0.2, -0.15) is 0 Å². The summed E-state index contributed by atoms with van der Waals surface area (Å²) in [5, 5.41) is 0. The summed E-state index contributed by atoms with van der Waals surface area (Å²) in [4.78, 5) is 0. The Labute approximate surface area is 115 Å². The van der Waals surface area contributed by atoms with Gasteiger partial charge in [0, 0.05) is 6.04 Å². The molecule has 0 aliphatic heterocycles. The van der Waals surface area contributed by atoms with Gasteiger partial charge in [0.05, 0.1) is 6.10 Å². The second kappa shape index (κ2) is 4.68. The summed E-state index contributed by atoms with van der Waals surface area (Å²) in [6, 6.07) is 8.68. The highest BCUT2D eigenvalue weighted by Crippen LogP contribution is 2.39. The van der Waals surface area contributed by atoms with Crippen molar-refractivity contribution in [1.82, 2.24) is 0 Å². The molecule has 102 valence electrons. The molecule has 0 aromatic heterocycles. The van der Waals surface area contributed by atoms with Crippen molar-refractivity contribution in [3.63, 3.8) is 0 Å². The van der Waals surface area contributed by atoms with Crippen molar-refractivity contribution in [3.8, 4) is 5.75 Å². The highest BCUT2D eigenvalue weighted by Gasteiger charge is 2.27. The Hall–Kier alpha value is -1.28. The van der Waals surface area contributed by atoms with E-state index in [0.29, 0.717) is 11.5 Å². The Balaban J connectivity index is 1.77. The summed E-state index contributed by atoms with van der Waals surface area (Å²) in [6.07, 6.45) is 7.27. The topological polar surface area (TPSA) is 35.2 Å². The maximum absolute atomic E-state index is 6.14. The number of allylic oxidation sites excluding steroid dienone is 1. The third-order valence-corrected chi connectivity index (χ3v) is 3.92. The molecule has 1 aromatic rings. The molecule has 2 aliphatic rings. The molecule has 0 amide bonds. The minimum Gasteiger partial charge on any atom is -0.490 e. The summed E-state index contributed by atoms with van der Waals surface area (Å²) in [6.45, 7) is 4.59. The lowest BCUT2D eigenvalue weighted by Gasteiger charge is -2.33. The first-order chi connectivity index (χ1) is 9.02. The van der Waals surface area contributed by atoms with Crippen LogP contribution in [0.1, 0.15) is 45.1 Å². The van der Waals surface area contributed by atoms with Crippen LogP contribution in [-0.4, -0.2) is 12.1 Å². The van der Waals surface area contributed by atoms with Crippen molar-refractivity contribution >= 4 is 5.57 Å². The van der Waals surface area contributed by atoms with Gasteiger partial charge in [-0.1, -0.05) is 32.1 Å². The SMILES string of the molecule is CC1(C)CC(c2ccc(OC3CC3)cc2)=CC(N)C1. The van der Waals surface area contributed by atoms with Gasteiger partial charge >= 0.3 is 0 Å². The molecule has 0 bridgehead atoms. The lowest BCUT2D eigenvalue weighted by Crippen LogP contribution is -2.30. The van der Waals surface area contributed by atoms with Crippen molar-refractivity contribution < 1.29 is 4.74 Å². The summed E-state index contributed by atoms with van der Waals surface area (Å²) >= 11 is 0. The van der Waals surface area contributed by atoms with Crippen LogP contribution in [0.5, 0.6) is 5.75 Å². The third kappa shape index (κ3) is 3.19. The predicted octanol–water partition coefficient (Wildman–Crippen LogP) is 3.76. The fourth-order valence-electron chi connectivity index (χ4n) is 2.93. The second-order valence-corrected chi connectivity index (χ2v) is 6.74. The molecule has 2 aliphatic carbocycles. The average Bonchev–Trinajstić information content (AvgIpc) is 3.11. The minimum atomic E-state index is 0.182. The van der Waals surface area contributed by atoms with E-state index >= 15 is 0 Å². The van der Waals surface area contributed by atoms with E-state index in [2.05, 4.69) is 44.2 Å². The molecule has 1 aromatic carbocycles. The highest BCUT2D eigenvalue weighted by molar-refractivity contribution is 5.68. The van der Waals surface area contributed by atoms with Gasteiger partial charge in [-0.3, -0.25) is 0 Å². The molecule has 0 spiro atoms. The zero-order chi connectivity index (χ0) is 13.5. The largest absolute Gasteiger partial charge is 0.490 e. The quantitative estimate of drug-likeness (QED) is 0.895. The van der Waals surface area contributed by atoms with Gasteiger partial charge in [-0.15, -0.1) is 0 Å². The molecule has 0 heterocycles. The number of nitrogens with two attached hydrogens (primary N) is 1. The number of ether oxygens (including phenoxy) is 1. The summed E-state index contributed by atoms with van der Waals surface area (Å²) < 4.78 is 5.79. The van der Waals surface area contributed by atoms with Gasteiger partial charge in [0.15, 0.2) is 0 Å². The van der Waals surface area contributed by atoms with E-state index in [9.17, 15) is 0 Å². The maximum Gasteiger partial charge on any atom is 0.119 e. The lowest BCUT2D eigenvalue weighted by molar-refractivity contribution is 0.303. The molecular weight excluding hydrogens is 234 g/mol. The maximum atomic E-state index is 6.14. The van der Waals surface area contributed by atoms with Gasteiger partial charge < -0.3 is 10.5 Å². The predicted molar refractivity (Wildman–Crippen MR) is 79.1 cm³/mol. The first-order valence-electron chi connectivity index (χ1n) is 7.25. The first kappa shape index (κ1) is 12.7. The van der Waals surface area contributed by atoms with Gasteiger partial charge in [0.1, 0.15) is 5.75 Å². The van der Waals surface area contributed by atoms with Gasteiger partial charge in [0.25, 0.3) is 0 Å². The molecular formula is C17H23NO. The van der Waals surface area contributed by atoms with E-state index in [1.807, 2.05) is 0 Å². The number of hydrogen-bond acceptors (Lipinski definition) is 2. The van der Waals surface area contributed by atoms with E-state index in [1.165, 1.54) is 24.0 Å². The van der Waals surface area contributed by atoms with E-state index in [-0.39, 0.29) is 6.04 Å². The van der Waals surface area contributed by atoms with Crippen molar-refractivity contribution in [1.29, 1.82) is 0 Å². The zero-order valence-electron chi connectivity index (χ0n) is 11.9. The Kier molecular flexibility index (Phi) is 3.14. The standard InChI is InChI=1S/C17H23NO/c1-17(2)10-13(9-14(18)11-17)12-3-5-15(6-4-12)19-16-7-8-16/h3-6,9,14,16H,7-8,10-11,18H2,1-2H3. The lowest BCUT2D eigenvalue weighted by atomic mass is 9.74. The fraction of sp³-hybridized carbons (Fsp3) is 0.529. The molecule has 1 fully saturated rings. The summed E-state index contributed by atoms with van der Waals surface area (Å²) in [7, 11) is 0. The molecule has 2 heteroatoms. The monoisotopic (exact) mass is 257 g/mol. The van der Waals surface area contributed by atoms with E-state index in [4.69, 9.17) is 10.5 Å². The van der Waals surface area contributed by atoms with Crippen LogP contribution >= 0.6 is 0 Å². The number of benzene rings is 1. The van der Waals surface area contributed by atoms with Crippen LogP contribution in [0.15, 0.2) is 30.3 Å². The number of hydrogen-bond donors (Lipinski definition) is 1. The Morgan fingerprint density at radius 3 is 2.42 bits per heavy atom. The van der Waals surface area contributed by atoms with Gasteiger partial charge in [-0.05, 0) is 54.4 Å². The Bertz CT molecular complexity index is 482. The smallest absolute Gasteiger partial charge is 0.119 e. The van der Waals surface area contributed by atoms with E-state index in [0.717, 1.165) is 18.6 Å². The first-order valence-corrected chi connectivity index (χ1v) is 7.25. The molecule has 0 radical (unpaired) electrons. The molecule has 2 N–H and O–H groups in total. The van der Waals surface area contributed by atoms with Gasteiger partial charge in [-0.25, -0.2) is 0 Å². The number of rotatable bonds is 3. The van der Waals surface area contributed by atoms with E-state index in [1.54, 1.807) is 0 Å². The van der Waals surface area contributed by atoms with Crippen LogP contribution in [-0.2, 0) is 0 Å². The Morgan fingerprint density at radius 2 is 1.84 bits per heavy atom. The van der Waals surface area contributed by atoms with Crippen molar-refractivity contribution in [2.24, 2.45) is 11.1 Å². The molecule has 1 atom stereocenters. The minimum absolute atomic E-state index is 0.182. The van der Waals surface area contributed by atoms with Crippen LogP contribution in [0.3, 0.4) is 0 Å². The van der Waals surface area contributed by atoms with Crippen molar-refractivity contribution in [3.05, 3.63) is 35.9 Å². The van der Waals surface area contributed by atoms with Crippen LogP contribution in [0, 0.1) is 5.41 Å². The van der Waals surface area contributed by atoms with E-state index < -0.39 is 0 Å². The van der Waals surface area contributed by atoms with Crippen LogP contribution in [0.4, 0.5) is 0 Å². The highest BCUT2D eigenvalue weighted by atomic mass is 16.5. The van der Waals surface area contributed by atoms with Crippen LogP contribution < -0.4 is 10.5 Å². The molecule has 1 saturated carbocycles. The molecule has 3 rings (SSSR count). The zero-order valence-corrected chi connectivity index (χ0v) is 11.9. The van der Waals surface area contributed by atoms with Crippen molar-refractivity contribution in [2.45, 2.75) is 51.7 Å². The third-order valence-electron chi connectivity index (χ3n) is 3.92. The van der Waals surface area contributed by atoms with Crippen LogP contribution in [0.25, 0.3) is 5.57 Å². The molecule has 19 heavy (non-hydrogen) atoms. The van der Waals surface area contributed by atoms with Crippen LogP contribution in [0.2, 0.25) is 0 Å². The summed E-state index contributed by atoms with van der Waals surface area (Å²) in [5.74, 6) is 0.992. The summed E-state index contributed by atoms with van der Waals surface area (Å²) in [5.41, 5.74) is 9.10. The normalized spacial score (nSPS) is 25.8. The molecule has 2 nitrogen and oxygen atoms in total. The second-order valence-electron chi connectivity index (χ2n) is 6.74. The fourth-order valence-corrected chi connectivity index (χ4v) is 2.93. The molecule has 0 saturated heterocycles. The molecule has 1 unspecified atom stereocenters. The average molecular weight is 257 g/mol. The van der Waals surface area contributed by atoms with Crippen molar-refractivity contribution in [2.75, 3.05) is 0 Å². The Morgan fingerprint density at radius 1 is 1.16 bits per heavy atom. The van der Waals surface area contributed by atoms with Gasteiger partial charge in [0.2, 0.25) is 0 Å².